The van der Waals surface area contributed by atoms with Gasteiger partial charge in [0.1, 0.15) is 11.9 Å². The number of amides is 1. The van der Waals surface area contributed by atoms with Crippen LogP contribution in [0, 0.1) is 5.82 Å². The Labute approximate surface area is 141 Å². The second-order valence-electron chi connectivity index (χ2n) is 5.62. The summed E-state index contributed by atoms with van der Waals surface area (Å²) >= 11 is 0. The number of nitrogens with one attached hydrogen (secondary N) is 1. The van der Waals surface area contributed by atoms with E-state index in [1.54, 1.807) is 6.92 Å². The number of alkyl halides is 3. The van der Waals surface area contributed by atoms with Crippen LogP contribution in [0.5, 0.6) is 0 Å². The second kappa shape index (κ2) is 7.08. The first kappa shape index (κ1) is 18.7. The van der Waals surface area contributed by atoms with Crippen molar-refractivity contribution in [2.75, 3.05) is 0 Å². The molecular weight excluding hydrogens is 340 g/mol. The van der Waals surface area contributed by atoms with Gasteiger partial charge in [-0.15, -0.1) is 0 Å². The van der Waals surface area contributed by atoms with Crippen molar-refractivity contribution in [3.63, 3.8) is 0 Å². The first-order valence-electron chi connectivity index (χ1n) is 7.45. The Hall–Kier alpha value is -2.64. The average molecular weight is 356 g/mol. The molecule has 0 bridgehead atoms. The number of hydrogen-bond acceptors (Lipinski definition) is 2. The van der Waals surface area contributed by atoms with Crippen LogP contribution in [0.4, 0.5) is 17.6 Å². The van der Waals surface area contributed by atoms with E-state index < -0.39 is 41.1 Å². The van der Waals surface area contributed by atoms with Gasteiger partial charge in [-0.1, -0.05) is 12.1 Å². The van der Waals surface area contributed by atoms with E-state index in [0.717, 1.165) is 16.8 Å². The summed E-state index contributed by atoms with van der Waals surface area (Å²) in [5.74, 6) is -0.953. The summed E-state index contributed by atoms with van der Waals surface area (Å²) in [5.41, 5.74) is -1.34. The van der Waals surface area contributed by atoms with Gasteiger partial charge < -0.3 is 9.88 Å². The zero-order valence-corrected chi connectivity index (χ0v) is 13.5. The van der Waals surface area contributed by atoms with Gasteiger partial charge in [-0.05, 0) is 37.6 Å². The summed E-state index contributed by atoms with van der Waals surface area (Å²) in [4.78, 5) is 24.1. The van der Waals surface area contributed by atoms with E-state index in [1.807, 2.05) is 0 Å². The molecule has 0 radical (unpaired) electrons. The lowest BCUT2D eigenvalue weighted by Crippen LogP contribution is -2.37. The number of halogens is 4. The van der Waals surface area contributed by atoms with Gasteiger partial charge in [0.15, 0.2) is 0 Å². The van der Waals surface area contributed by atoms with Crippen molar-refractivity contribution in [3.8, 4) is 0 Å². The van der Waals surface area contributed by atoms with Crippen molar-refractivity contribution in [1.82, 2.24) is 9.88 Å². The van der Waals surface area contributed by atoms with E-state index in [9.17, 15) is 27.2 Å². The van der Waals surface area contributed by atoms with E-state index in [2.05, 4.69) is 5.32 Å². The SMILES string of the molecule is CC(NC(=O)C(C)n1ccc(C(F)(F)F)cc1=O)c1ccc(F)cc1. The molecule has 2 rings (SSSR count). The monoisotopic (exact) mass is 356 g/mol. The van der Waals surface area contributed by atoms with Crippen LogP contribution < -0.4 is 10.9 Å². The number of benzene rings is 1. The maximum absolute atomic E-state index is 12.9. The van der Waals surface area contributed by atoms with Crippen LogP contribution in [0.15, 0.2) is 47.4 Å². The Morgan fingerprint density at radius 1 is 1.12 bits per heavy atom. The quantitative estimate of drug-likeness (QED) is 0.853. The Morgan fingerprint density at radius 3 is 2.24 bits per heavy atom. The minimum Gasteiger partial charge on any atom is -0.348 e. The van der Waals surface area contributed by atoms with Crippen molar-refractivity contribution in [3.05, 3.63) is 69.9 Å². The third kappa shape index (κ3) is 4.46. The van der Waals surface area contributed by atoms with E-state index in [0.29, 0.717) is 11.6 Å². The minimum atomic E-state index is -4.62. The van der Waals surface area contributed by atoms with Crippen LogP contribution in [0.2, 0.25) is 0 Å². The molecular formula is C17H16F4N2O2. The topological polar surface area (TPSA) is 51.1 Å². The van der Waals surface area contributed by atoms with Gasteiger partial charge in [0, 0.05) is 12.3 Å². The molecule has 1 aromatic carbocycles. The zero-order valence-electron chi connectivity index (χ0n) is 13.5. The van der Waals surface area contributed by atoms with Gasteiger partial charge in [-0.25, -0.2) is 4.39 Å². The normalized spacial score (nSPS) is 14.0. The van der Waals surface area contributed by atoms with Crippen LogP contribution >= 0.6 is 0 Å². The first-order chi connectivity index (χ1) is 11.6. The highest BCUT2D eigenvalue weighted by Crippen LogP contribution is 2.28. The van der Waals surface area contributed by atoms with Gasteiger partial charge in [0.05, 0.1) is 11.6 Å². The molecule has 0 aliphatic rings. The lowest BCUT2D eigenvalue weighted by molar-refractivity contribution is -0.137. The molecule has 0 fully saturated rings. The third-order valence-electron chi connectivity index (χ3n) is 3.80. The lowest BCUT2D eigenvalue weighted by atomic mass is 10.1. The fraction of sp³-hybridized carbons (Fsp3) is 0.294. The molecule has 2 unspecified atom stereocenters. The summed E-state index contributed by atoms with van der Waals surface area (Å²) in [6, 6.07) is 5.26. The molecule has 1 heterocycles. The van der Waals surface area contributed by atoms with Crippen LogP contribution in [-0.4, -0.2) is 10.5 Å². The number of carbonyl (C=O) groups is 1. The molecule has 1 aromatic heterocycles. The summed E-state index contributed by atoms with van der Waals surface area (Å²) in [6.45, 7) is 3.08. The van der Waals surface area contributed by atoms with Gasteiger partial charge in [-0.2, -0.15) is 13.2 Å². The Kier molecular flexibility index (Phi) is 5.30. The Morgan fingerprint density at radius 2 is 1.72 bits per heavy atom. The van der Waals surface area contributed by atoms with Crippen LogP contribution in [0.3, 0.4) is 0 Å². The van der Waals surface area contributed by atoms with Gasteiger partial charge in [0.2, 0.25) is 5.91 Å². The third-order valence-corrected chi connectivity index (χ3v) is 3.80. The highest BCUT2D eigenvalue weighted by Gasteiger charge is 2.31. The standard InChI is InChI=1S/C17H16F4N2O2/c1-10(12-3-5-14(18)6-4-12)22-16(25)11(2)23-8-7-13(9-15(23)24)17(19,20)21/h3-11H,1-2H3,(H,22,25). The molecule has 0 saturated carbocycles. The number of nitrogens with zero attached hydrogens (tertiary/aromatic N) is 1. The molecule has 25 heavy (non-hydrogen) atoms. The van der Waals surface area contributed by atoms with Crippen LogP contribution in [0.25, 0.3) is 0 Å². The molecule has 0 spiro atoms. The molecule has 1 amide bonds. The van der Waals surface area contributed by atoms with Crippen LogP contribution in [0.1, 0.15) is 37.1 Å². The summed E-state index contributed by atoms with van der Waals surface area (Å²) in [7, 11) is 0. The van der Waals surface area contributed by atoms with E-state index in [1.165, 1.54) is 31.2 Å². The van der Waals surface area contributed by atoms with Crippen molar-refractivity contribution in [2.45, 2.75) is 32.1 Å². The van der Waals surface area contributed by atoms with Crippen molar-refractivity contribution in [1.29, 1.82) is 0 Å². The predicted molar refractivity (Wildman–Crippen MR) is 83.4 cm³/mol. The highest BCUT2D eigenvalue weighted by atomic mass is 19.4. The Balaban J connectivity index is 2.14. The Bertz CT molecular complexity index is 813. The number of rotatable bonds is 4. The van der Waals surface area contributed by atoms with Gasteiger partial charge in [-0.3, -0.25) is 9.59 Å². The smallest absolute Gasteiger partial charge is 0.348 e. The number of hydrogen-bond donors (Lipinski definition) is 1. The molecule has 0 aliphatic heterocycles. The van der Waals surface area contributed by atoms with Crippen molar-refractivity contribution < 1.29 is 22.4 Å². The maximum Gasteiger partial charge on any atom is 0.416 e. The van der Waals surface area contributed by atoms with Gasteiger partial charge in [0.25, 0.3) is 5.56 Å². The van der Waals surface area contributed by atoms with E-state index in [4.69, 9.17) is 0 Å². The minimum absolute atomic E-state index is 0.410. The van der Waals surface area contributed by atoms with Gasteiger partial charge >= 0.3 is 6.18 Å². The highest BCUT2D eigenvalue weighted by molar-refractivity contribution is 5.80. The molecule has 134 valence electrons. The fourth-order valence-electron chi connectivity index (χ4n) is 2.28. The lowest BCUT2D eigenvalue weighted by Gasteiger charge is -2.20. The molecule has 0 saturated heterocycles. The number of aromatic nitrogens is 1. The zero-order chi connectivity index (χ0) is 18.8. The van der Waals surface area contributed by atoms with Crippen molar-refractivity contribution in [2.24, 2.45) is 0 Å². The molecule has 2 atom stereocenters. The summed E-state index contributed by atoms with van der Waals surface area (Å²) in [5, 5.41) is 2.64. The maximum atomic E-state index is 12.9. The fourth-order valence-corrected chi connectivity index (χ4v) is 2.28. The first-order valence-corrected chi connectivity index (χ1v) is 7.45. The molecule has 8 heteroatoms. The number of carbonyl (C=O) groups excluding carboxylic acids is 1. The second-order valence-corrected chi connectivity index (χ2v) is 5.62. The predicted octanol–water partition coefficient (Wildman–Crippen LogP) is 3.44. The largest absolute Gasteiger partial charge is 0.416 e. The summed E-state index contributed by atoms with van der Waals surface area (Å²) in [6.07, 6.45) is -3.68. The van der Waals surface area contributed by atoms with E-state index in [-0.39, 0.29) is 0 Å². The summed E-state index contributed by atoms with van der Waals surface area (Å²) < 4.78 is 51.6. The molecule has 1 N–H and O–H groups in total. The number of pyridine rings is 1. The van der Waals surface area contributed by atoms with E-state index >= 15 is 0 Å². The average Bonchev–Trinajstić information content (AvgIpc) is 2.53. The molecule has 4 nitrogen and oxygen atoms in total. The molecule has 2 aromatic rings. The molecule has 0 aliphatic carbocycles. The van der Waals surface area contributed by atoms with Crippen LogP contribution in [-0.2, 0) is 11.0 Å². The van der Waals surface area contributed by atoms with Crippen molar-refractivity contribution >= 4 is 5.91 Å².